The SMILES string of the molecule is CCS(=O)(=O)N[C@@H]1[C@H](Cc2cccc(-c3ccccc3)c2F)N(C(O)C(C)(C)O)CC1(F)F. The van der Waals surface area contributed by atoms with E-state index in [0.717, 1.165) is 4.90 Å². The fraction of sp³-hybridized carbons (Fsp3) is 0.478. The zero-order valence-electron chi connectivity index (χ0n) is 18.7. The molecule has 3 atom stereocenters. The summed E-state index contributed by atoms with van der Waals surface area (Å²) in [6.07, 6.45) is -2.04. The van der Waals surface area contributed by atoms with Gasteiger partial charge in [-0.1, -0.05) is 48.5 Å². The molecule has 0 aliphatic carbocycles. The lowest BCUT2D eigenvalue weighted by molar-refractivity contribution is -0.141. The first-order chi connectivity index (χ1) is 15.3. The largest absolute Gasteiger partial charge is 0.386 e. The molecule has 0 amide bonds. The molecule has 0 spiro atoms. The molecular weight excluding hydrogens is 457 g/mol. The molecule has 6 nitrogen and oxygen atoms in total. The van der Waals surface area contributed by atoms with Gasteiger partial charge in [-0.25, -0.2) is 26.3 Å². The van der Waals surface area contributed by atoms with Gasteiger partial charge in [-0.05, 0) is 38.3 Å². The van der Waals surface area contributed by atoms with Gasteiger partial charge < -0.3 is 10.2 Å². The van der Waals surface area contributed by atoms with E-state index in [0.29, 0.717) is 5.56 Å². The molecule has 0 bridgehead atoms. The number of hydrogen-bond acceptors (Lipinski definition) is 5. The van der Waals surface area contributed by atoms with Crippen LogP contribution in [0.4, 0.5) is 13.2 Å². The average Bonchev–Trinajstić information content (AvgIpc) is 2.98. The van der Waals surface area contributed by atoms with Crippen molar-refractivity contribution in [3.63, 3.8) is 0 Å². The van der Waals surface area contributed by atoms with E-state index in [-0.39, 0.29) is 17.5 Å². The molecule has 0 saturated carbocycles. The summed E-state index contributed by atoms with van der Waals surface area (Å²) in [6, 6.07) is 10.1. The summed E-state index contributed by atoms with van der Waals surface area (Å²) in [5, 5.41) is 20.9. The van der Waals surface area contributed by atoms with Crippen LogP contribution in [0.15, 0.2) is 48.5 Å². The van der Waals surface area contributed by atoms with Gasteiger partial charge in [-0.2, -0.15) is 0 Å². The standard InChI is InChI=1S/C23H29F3N2O4S/c1-4-33(31,32)27-20-18(28(14-23(20,25)26)21(29)22(2,3)30)13-16-11-8-12-17(19(16)24)15-9-6-5-7-10-15/h5-12,18,20-21,27,29-30H,4,13-14H2,1-3H3/t18-,20+,21?/m0/s1. The molecule has 1 fully saturated rings. The van der Waals surface area contributed by atoms with E-state index in [1.807, 2.05) is 4.72 Å². The zero-order valence-corrected chi connectivity index (χ0v) is 19.5. The zero-order chi connectivity index (χ0) is 24.6. The molecule has 2 aromatic carbocycles. The first kappa shape index (κ1) is 25.6. The van der Waals surface area contributed by atoms with E-state index in [9.17, 15) is 18.6 Å². The van der Waals surface area contributed by atoms with Crippen LogP contribution in [-0.4, -0.2) is 65.7 Å². The summed E-state index contributed by atoms with van der Waals surface area (Å²) >= 11 is 0. The Morgan fingerprint density at radius 1 is 1.18 bits per heavy atom. The summed E-state index contributed by atoms with van der Waals surface area (Å²) in [7, 11) is -4.04. The van der Waals surface area contributed by atoms with Crippen LogP contribution in [0.3, 0.4) is 0 Å². The quantitative estimate of drug-likeness (QED) is 0.534. The molecule has 3 rings (SSSR count). The Hall–Kier alpha value is -1.98. The van der Waals surface area contributed by atoms with E-state index in [4.69, 9.17) is 0 Å². The maximum Gasteiger partial charge on any atom is 0.278 e. The molecule has 33 heavy (non-hydrogen) atoms. The minimum absolute atomic E-state index is 0.0905. The van der Waals surface area contributed by atoms with Crippen molar-refractivity contribution in [1.82, 2.24) is 9.62 Å². The fourth-order valence-electron chi connectivity index (χ4n) is 4.09. The highest BCUT2D eigenvalue weighted by atomic mass is 32.2. The molecule has 2 aromatic rings. The monoisotopic (exact) mass is 486 g/mol. The first-order valence-electron chi connectivity index (χ1n) is 10.6. The van der Waals surface area contributed by atoms with Crippen molar-refractivity contribution in [2.75, 3.05) is 12.3 Å². The van der Waals surface area contributed by atoms with E-state index in [2.05, 4.69) is 0 Å². The van der Waals surface area contributed by atoms with Crippen LogP contribution in [0, 0.1) is 5.82 Å². The maximum absolute atomic E-state index is 15.4. The number of benzene rings is 2. The molecule has 0 aromatic heterocycles. The minimum Gasteiger partial charge on any atom is -0.386 e. The van der Waals surface area contributed by atoms with E-state index < -0.39 is 58.0 Å². The Bertz CT molecular complexity index is 1070. The molecule has 3 N–H and O–H groups in total. The summed E-state index contributed by atoms with van der Waals surface area (Å²) in [6.45, 7) is 2.83. The minimum atomic E-state index is -4.04. The Labute approximate surface area is 192 Å². The smallest absolute Gasteiger partial charge is 0.278 e. The first-order valence-corrected chi connectivity index (χ1v) is 12.3. The predicted molar refractivity (Wildman–Crippen MR) is 120 cm³/mol. The molecule has 10 heteroatoms. The van der Waals surface area contributed by atoms with Gasteiger partial charge in [-0.15, -0.1) is 0 Å². The third-order valence-corrected chi connectivity index (χ3v) is 7.26. The second-order valence-electron chi connectivity index (χ2n) is 8.88. The van der Waals surface area contributed by atoms with Gasteiger partial charge in [0.25, 0.3) is 5.92 Å². The summed E-state index contributed by atoms with van der Waals surface area (Å²) in [5.41, 5.74) is -0.812. The number of nitrogens with one attached hydrogen (secondary N) is 1. The maximum atomic E-state index is 15.4. The second kappa shape index (κ2) is 9.34. The van der Waals surface area contributed by atoms with E-state index in [1.165, 1.54) is 26.8 Å². The van der Waals surface area contributed by atoms with Gasteiger partial charge in [0.1, 0.15) is 18.1 Å². The molecule has 1 saturated heterocycles. The van der Waals surface area contributed by atoms with Crippen LogP contribution in [0.5, 0.6) is 0 Å². The molecule has 1 aliphatic rings. The summed E-state index contributed by atoms with van der Waals surface area (Å²) < 4.78 is 71.9. The van der Waals surface area contributed by atoms with Crippen molar-refractivity contribution in [2.24, 2.45) is 0 Å². The number of rotatable bonds is 8. The number of halogens is 3. The molecule has 1 aliphatic heterocycles. The van der Waals surface area contributed by atoms with Crippen LogP contribution in [0.1, 0.15) is 26.3 Å². The van der Waals surface area contributed by atoms with E-state index in [1.54, 1.807) is 42.5 Å². The molecule has 182 valence electrons. The number of alkyl halides is 2. The number of aliphatic hydroxyl groups excluding tert-OH is 1. The van der Waals surface area contributed by atoms with Crippen molar-refractivity contribution >= 4 is 10.0 Å². The van der Waals surface area contributed by atoms with E-state index >= 15 is 13.2 Å². The highest BCUT2D eigenvalue weighted by Crippen LogP contribution is 2.38. The van der Waals surface area contributed by atoms with Gasteiger partial charge in [0.15, 0.2) is 0 Å². The Kier molecular flexibility index (Phi) is 7.26. The molecule has 1 heterocycles. The number of nitrogens with zero attached hydrogens (tertiary/aromatic N) is 1. The number of sulfonamides is 1. The van der Waals surface area contributed by atoms with Gasteiger partial charge in [0.2, 0.25) is 10.0 Å². The van der Waals surface area contributed by atoms with Gasteiger partial charge in [0, 0.05) is 11.6 Å². The van der Waals surface area contributed by atoms with Gasteiger partial charge >= 0.3 is 0 Å². The lowest BCUT2D eigenvalue weighted by Crippen LogP contribution is -2.56. The van der Waals surface area contributed by atoms with Crippen LogP contribution in [0.25, 0.3) is 11.1 Å². The van der Waals surface area contributed by atoms with Crippen molar-refractivity contribution in [2.45, 2.75) is 57.0 Å². The molecule has 1 unspecified atom stereocenters. The third kappa shape index (κ3) is 5.58. The van der Waals surface area contributed by atoms with Crippen molar-refractivity contribution in [3.8, 4) is 11.1 Å². The van der Waals surface area contributed by atoms with Crippen LogP contribution in [-0.2, 0) is 16.4 Å². The third-order valence-electron chi connectivity index (χ3n) is 5.88. The molecular formula is C23H29F3N2O4S. The second-order valence-corrected chi connectivity index (χ2v) is 10.9. The summed E-state index contributed by atoms with van der Waals surface area (Å²) in [5.74, 6) is -4.60. The topological polar surface area (TPSA) is 89.9 Å². The lowest BCUT2D eigenvalue weighted by Gasteiger charge is -2.37. The van der Waals surface area contributed by atoms with Gasteiger partial charge in [0.05, 0.1) is 17.9 Å². The van der Waals surface area contributed by atoms with Crippen molar-refractivity contribution in [3.05, 3.63) is 59.9 Å². The Morgan fingerprint density at radius 2 is 1.82 bits per heavy atom. The number of aliphatic hydroxyl groups is 2. The van der Waals surface area contributed by atoms with Crippen LogP contribution in [0.2, 0.25) is 0 Å². The fourth-order valence-corrected chi connectivity index (χ4v) is 4.97. The van der Waals surface area contributed by atoms with Crippen molar-refractivity contribution < 1.29 is 31.8 Å². The molecule has 0 radical (unpaired) electrons. The average molecular weight is 487 g/mol. The predicted octanol–water partition coefficient (Wildman–Crippen LogP) is 2.75. The van der Waals surface area contributed by atoms with Crippen molar-refractivity contribution in [1.29, 1.82) is 0 Å². The Morgan fingerprint density at radius 3 is 2.39 bits per heavy atom. The van der Waals surface area contributed by atoms with Crippen LogP contribution < -0.4 is 4.72 Å². The van der Waals surface area contributed by atoms with Crippen LogP contribution >= 0.6 is 0 Å². The summed E-state index contributed by atoms with van der Waals surface area (Å²) in [4.78, 5) is 0.942. The normalized spacial score (nSPS) is 22.4. The van der Waals surface area contributed by atoms with Gasteiger partial charge in [-0.3, -0.25) is 4.90 Å². The highest BCUT2D eigenvalue weighted by Gasteiger charge is 2.58. The number of likely N-dealkylation sites (tertiary alicyclic amines) is 1. The highest BCUT2D eigenvalue weighted by molar-refractivity contribution is 7.89. The lowest BCUT2D eigenvalue weighted by atomic mass is 9.94. The Balaban J connectivity index is 2.05. The number of hydrogen-bond donors (Lipinski definition) is 3.